The number of halogens is 3. The molecule has 1 heterocycles. The number of benzene rings is 2. The number of alkyl halides is 3. The van der Waals surface area contributed by atoms with Crippen LogP contribution < -0.4 is 5.14 Å². The molecule has 0 aliphatic heterocycles. The van der Waals surface area contributed by atoms with Gasteiger partial charge in [-0.2, -0.15) is 13.2 Å². The van der Waals surface area contributed by atoms with Gasteiger partial charge in [-0.3, -0.25) is 0 Å². The van der Waals surface area contributed by atoms with Gasteiger partial charge in [0.15, 0.2) is 0 Å². The molecule has 0 saturated heterocycles. The van der Waals surface area contributed by atoms with Crippen molar-refractivity contribution in [2.24, 2.45) is 5.14 Å². The molecule has 8 heteroatoms. The number of primary sulfonamides is 1. The van der Waals surface area contributed by atoms with E-state index in [2.05, 4.69) is 0 Å². The molecule has 0 spiro atoms. The van der Waals surface area contributed by atoms with E-state index >= 15 is 0 Å². The smallest absolute Gasteiger partial charge is 0.314 e. The Kier molecular flexibility index (Phi) is 4.41. The number of aromatic nitrogens is 1. The predicted octanol–water partition coefficient (Wildman–Crippen LogP) is 4.12. The molecule has 0 amide bonds. The third-order valence-corrected chi connectivity index (χ3v) is 4.97. The van der Waals surface area contributed by atoms with Crippen LogP contribution in [0.1, 0.15) is 11.3 Å². The number of rotatable bonds is 3. The van der Waals surface area contributed by atoms with Crippen LogP contribution in [0, 0.1) is 6.92 Å². The van der Waals surface area contributed by atoms with E-state index < -0.39 is 21.8 Å². The van der Waals surface area contributed by atoms with Crippen LogP contribution in [0.3, 0.4) is 0 Å². The molecule has 1 aromatic heterocycles. The van der Waals surface area contributed by atoms with Crippen LogP contribution in [-0.2, 0) is 16.2 Å². The number of hydrogen-bond acceptors (Lipinski definition) is 2. The fraction of sp³-hybridized carbons (Fsp3) is 0.111. The number of sulfonamides is 1. The van der Waals surface area contributed by atoms with Gasteiger partial charge in [-0.1, -0.05) is 18.2 Å². The van der Waals surface area contributed by atoms with Crippen molar-refractivity contribution in [1.29, 1.82) is 0 Å². The number of nitrogens with two attached hydrogens (primary N) is 1. The summed E-state index contributed by atoms with van der Waals surface area (Å²) < 4.78 is 63.8. The fourth-order valence-electron chi connectivity index (χ4n) is 2.82. The molecule has 0 fully saturated rings. The molecular formula is C18H15F3N2O2S. The zero-order valence-electron chi connectivity index (χ0n) is 13.7. The van der Waals surface area contributed by atoms with E-state index in [1.165, 1.54) is 18.2 Å². The van der Waals surface area contributed by atoms with Gasteiger partial charge in [-0.05, 0) is 49.4 Å². The first-order valence-corrected chi connectivity index (χ1v) is 9.12. The van der Waals surface area contributed by atoms with E-state index in [0.29, 0.717) is 16.9 Å². The van der Waals surface area contributed by atoms with Crippen molar-refractivity contribution in [3.05, 3.63) is 71.9 Å². The normalized spacial score (nSPS) is 12.3. The van der Waals surface area contributed by atoms with E-state index in [9.17, 15) is 21.6 Å². The highest BCUT2D eigenvalue weighted by Gasteiger charge is 2.30. The van der Waals surface area contributed by atoms with Crippen LogP contribution in [0.25, 0.3) is 16.9 Å². The molecule has 3 aromatic rings. The molecule has 3 rings (SSSR count). The second-order valence-corrected chi connectivity index (χ2v) is 7.31. The zero-order chi connectivity index (χ0) is 19.1. The van der Waals surface area contributed by atoms with Crippen molar-refractivity contribution in [3.8, 4) is 16.9 Å². The van der Waals surface area contributed by atoms with E-state index in [1.54, 1.807) is 41.8 Å². The number of hydrogen-bond donors (Lipinski definition) is 1. The number of nitrogens with zero attached hydrogens (tertiary/aromatic N) is 1. The van der Waals surface area contributed by atoms with Crippen molar-refractivity contribution in [1.82, 2.24) is 4.57 Å². The summed E-state index contributed by atoms with van der Waals surface area (Å²) >= 11 is 0. The summed E-state index contributed by atoms with van der Waals surface area (Å²) in [7, 11) is -3.96. The average molecular weight is 380 g/mol. The molecule has 0 unspecified atom stereocenters. The van der Waals surface area contributed by atoms with Crippen molar-refractivity contribution in [3.63, 3.8) is 0 Å². The Morgan fingerprint density at radius 3 is 2.12 bits per heavy atom. The Bertz CT molecular complexity index is 1050. The summed E-state index contributed by atoms with van der Waals surface area (Å²) in [4.78, 5) is -0.0498. The molecule has 0 radical (unpaired) electrons. The molecule has 0 aliphatic carbocycles. The number of aryl methyl sites for hydroxylation is 1. The molecule has 0 aliphatic rings. The second kappa shape index (κ2) is 6.30. The quantitative estimate of drug-likeness (QED) is 0.743. The van der Waals surface area contributed by atoms with Gasteiger partial charge in [0.05, 0.1) is 16.2 Å². The highest BCUT2D eigenvalue weighted by molar-refractivity contribution is 7.89. The highest BCUT2D eigenvalue weighted by atomic mass is 32.2. The highest BCUT2D eigenvalue weighted by Crippen LogP contribution is 2.33. The van der Waals surface area contributed by atoms with Crippen LogP contribution in [0.2, 0.25) is 0 Å². The first kappa shape index (κ1) is 18.2. The second-order valence-electron chi connectivity index (χ2n) is 5.78. The van der Waals surface area contributed by atoms with Gasteiger partial charge in [0.1, 0.15) is 0 Å². The summed E-state index contributed by atoms with van der Waals surface area (Å²) in [5.74, 6) is 0. The topological polar surface area (TPSA) is 65.1 Å². The summed E-state index contributed by atoms with van der Waals surface area (Å²) in [6, 6.07) is 14.4. The molecule has 136 valence electrons. The lowest BCUT2D eigenvalue weighted by atomic mass is 10.1. The first-order valence-electron chi connectivity index (χ1n) is 7.57. The van der Waals surface area contributed by atoms with Crippen molar-refractivity contribution < 1.29 is 21.6 Å². The minimum absolute atomic E-state index is 0.0498. The van der Waals surface area contributed by atoms with Gasteiger partial charge in [0.2, 0.25) is 10.0 Å². The van der Waals surface area contributed by atoms with E-state index in [1.807, 2.05) is 0 Å². The van der Waals surface area contributed by atoms with Crippen LogP contribution in [0.4, 0.5) is 13.2 Å². The monoisotopic (exact) mass is 380 g/mol. The van der Waals surface area contributed by atoms with Gasteiger partial charge in [-0.15, -0.1) is 0 Å². The van der Waals surface area contributed by atoms with E-state index in [-0.39, 0.29) is 4.90 Å². The van der Waals surface area contributed by atoms with Crippen molar-refractivity contribution in [2.45, 2.75) is 18.0 Å². The minimum atomic E-state index is -4.42. The van der Waals surface area contributed by atoms with Crippen molar-refractivity contribution in [2.75, 3.05) is 0 Å². The van der Waals surface area contributed by atoms with Crippen molar-refractivity contribution >= 4 is 10.0 Å². The molecule has 0 atom stereocenters. The molecule has 2 N–H and O–H groups in total. The van der Waals surface area contributed by atoms with Crippen LogP contribution in [0.5, 0.6) is 0 Å². The Hall–Kier alpha value is -2.58. The summed E-state index contributed by atoms with van der Waals surface area (Å²) in [5, 5.41) is 5.30. The van der Waals surface area contributed by atoms with Gasteiger partial charge >= 0.3 is 6.18 Å². The lowest BCUT2D eigenvalue weighted by Gasteiger charge is -2.15. The maximum absolute atomic E-state index is 12.8. The Morgan fingerprint density at radius 1 is 0.923 bits per heavy atom. The minimum Gasteiger partial charge on any atom is -0.314 e. The Labute approximate surface area is 148 Å². The summed E-state index contributed by atoms with van der Waals surface area (Å²) in [6.45, 7) is 1.78. The van der Waals surface area contributed by atoms with E-state index in [0.717, 1.165) is 17.8 Å². The molecular weight excluding hydrogens is 365 g/mol. The Morgan fingerprint density at radius 2 is 1.54 bits per heavy atom. The van der Waals surface area contributed by atoms with Crippen LogP contribution >= 0.6 is 0 Å². The first-order chi connectivity index (χ1) is 12.1. The molecule has 26 heavy (non-hydrogen) atoms. The molecule has 0 bridgehead atoms. The van der Waals surface area contributed by atoms with Crippen LogP contribution in [0.15, 0.2) is 65.6 Å². The summed E-state index contributed by atoms with van der Waals surface area (Å²) in [5.41, 5.74) is 1.37. The van der Waals surface area contributed by atoms with Crippen LogP contribution in [-0.4, -0.2) is 13.0 Å². The molecule has 4 nitrogen and oxygen atoms in total. The molecule has 0 saturated carbocycles. The molecule has 2 aromatic carbocycles. The third kappa shape index (κ3) is 3.38. The van der Waals surface area contributed by atoms with E-state index in [4.69, 9.17) is 5.14 Å². The third-order valence-electron chi connectivity index (χ3n) is 4.00. The lowest BCUT2D eigenvalue weighted by molar-refractivity contribution is -0.137. The predicted molar refractivity (Wildman–Crippen MR) is 92.3 cm³/mol. The summed E-state index contributed by atoms with van der Waals surface area (Å²) in [6.07, 6.45) is -4.42. The fourth-order valence-corrected chi connectivity index (χ4v) is 3.56. The maximum Gasteiger partial charge on any atom is 0.416 e. The maximum atomic E-state index is 12.8. The largest absolute Gasteiger partial charge is 0.416 e. The Balaban J connectivity index is 2.18. The lowest BCUT2D eigenvalue weighted by Crippen LogP contribution is -2.14. The standard InChI is InChI=1S/C18H15F3N2O2S/c1-12-6-11-16(15-4-2-3-5-17(15)26(22,24)25)23(12)14-9-7-13(8-10-14)18(19,20)21/h2-11H,1H3,(H2,22,24,25). The van der Waals surface area contributed by atoms with Gasteiger partial charge < -0.3 is 4.57 Å². The average Bonchev–Trinajstić information content (AvgIpc) is 2.95. The van der Waals surface area contributed by atoms with Gasteiger partial charge in [0.25, 0.3) is 0 Å². The SMILES string of the molecule is Cc1ccc(-c2ccccc2S(N)(=O)=O)n1-c1ccc(C(F)(F)F)cc1. The van der Waals surface area contributed by atoms with Gasteiger partial charge in [0, 0.05) is 16.9 Å². The zero-order valence-corrected chi connectivity index (χ0v) is 14.5. The van der Waals surface area contributed by atoms with Gasteiger partial charge in [-0.25, -0.2) is 13.6 Å².